The third kappa shape index (κ3) is 3.83. The highest BCUT2D eigenvalue weighted by Crippen LogP contribution is 2.39. The molecular weight excluding hydrogens is 392 g/mol. The lowest BCUT2D eigenvalue weighted by molar-refractivity contribution is -0.231. The van der Waals surface area contributed by atoms with Crippen molar-refractivity contribution < 1.29 is 25.2 Å². The maximum atomic E-state index is 10.6. The quantitative estimate of drug-likeness (QED) is 0.611. The molecule has 0 spiro atoms. The molecule has 0 amide bonds. The van der Waals surface area contributed by atoms with Gasteiger partial charge in [-0.2, -0.15) is 0 Å². The molecule has 0 radical (unpaired) electrons. The molecule has 0 bridgehead atoms. The van der Waals surface area contributed by atoms with Gasteiger partial charge in [-0.3, -0.25) is 0 Å². The molecule has 4 rings (SSSR count). The number of fused-ring (bicyclic) bond motifs is 1. The molecular formula is C23H27ClO5. The zero-order valence-corrected chi connectivity index (χ0v) is 17.1. The normalized spacial score (nSPS) is 29.1. The average Bonchev–Trinajstić information content (AvgIpc) is 3.21. The molecule has 1 aliphatic carbocycles. The summed E-state index contributed by atoms with van der Waals surface area (Å²) in [5.41, 5.74) is 6.83. The maximum Gasteiger partial charge on any atom is 0.113 e. The Hall–Kier alpha value is -1.47. The van der Waals surface area contributed by atoms with Crippen molar-refractivity contribution in [1.29, 1.82) is 0 Å². The predicted octanol–water partition coefficient (Wildman–Crippen LogP) is 2.24. The largest absolute Gasteiger partial charge is 0.394 e. The molecule has 29 heavy (non-hydrogen) atoms. The number of hydrogen-bond acceptors (Lipinski definition) is 5. The van der Waals surface area contributed by atoms with Gasteiger partial charge in [0.2, 0.25) is 0 Å². The summed E-state index contributed by atoms with van der Waals surface area (Å²) in [6.07, 6.45) is -1.89. The van der Waals surface area contributed by atoms with Crippen molar-refractivity contribution in [2.24, 2.45) is 0 Å². The topological polar surface area (TPSA) is 90.2 Å². The average molecular weight is 419 g/mol. The van der Waals surface area contributed by atoms with E-state index >= 15 is 0 Å². The molecule has 0 unspecified atom stereocenters. The van der Waals surface area contributed by atoms with Crippen LogP contribution in [-0.2, 0) is 24.0 Å². The number of ether oxygens (including phenoxy) is 1. The highest BCUT2D eigenvalue weighted by molar-refractivity contribution is 6.30. The summed E-state index contributed by atoms with van der Waals surface area (Å²) in [6.45, 7) is 1.59. The van der Waals surface area contributed by atoms with E-state index in [1.54, 1.807) is 0 Å². The lowest BCUT2D eigenvalue weighted by Crippen LogP contribution is -2.55. The van der Waals surface area contributed by atoms with Crippen LogP contribution < -0.4 is 0 Å². The number of aliphatic hydroxyl groups is 4. The fraction of sp³-hybridized carbons (Fsp3) is 0.478. The Morgan fingerprint density at radius 2 is 1.69 bits per heavy atom. The van der Waals surface area contributed by atoms with Gasteiger partial charge in [-0.1, -0.05) is 29.8 Å². The van der Waals surface area contributed by atoms with E-state index < -0.39 is 37.1 Å². The number of halogens is 1. The molecule has 2 aromatic carbocycles. The second kappa shape index (κ2) is 8.34. The highest BCUT2D eigenvalue weighted by atomic mass is 35.5. The van der Waals surface area contributed by atoms with Crippen molar-refractivity contribution in [2.75, 3.05) is 6.61 Å². The minimum absolute atomic E-state index is 0.428. The number of rotatable bonds is 4. The molecule has 1 saturated heterocycles. The van der Waals surface area contributed by atoms with E-state index in [1.165, 1.54) is 16.7 Å². The molecule has 1 heterocycles. The smallest absolute Gasteiger partial charge is 0.113 e. The van der Waals surface area contributed by atoms with Gasteiger partial charge in [-0.05, 0) is 78.1 Å². The van der Waals surface area contributed by atoms with Crippen molar-refractivity contribution in [3.05, 3.63) is 68.7 Å². The standard InChI is InChI=1S/C23H27ClO5/c1-12-16-3-2-4-17(16)14(9-13-5-7-15(24)8-6-13)10-18(12)23-22(28)21(27)20(26)19(11-25)29-23/h5-8,10,19-23,25-28H,2-4,9,11H2,1H3/t19-,20-,21+,22-,23+/m1/s1. The number of aliphatic hydroxyl groups excluding tert-OH is 4. The minimum atomic E-state index is -1.38. The van der Waals surface area contributed by atoms with Crippen LogP contribution in [0.3, 0.4) is 0 Å². The Balaban J connectivity index is 1.75. The van der Waals surface area contributed by atoms with Crippen LogP contribution in [0.25, 0.3) is 0 Å². The van der Waals surface area contributed by atoms with Gasteiger partial charge in [0.15, 0.2) is 0 Å². The third-order valence-corrected chi connectivity index (χ3v) is 6.58. The van der Waals surface area contributed by atoms with E-state index in [9.17, 15) is 20.4 Å². The first-order chi connectivity index (χ1) is 13.9. The van der Waals surface area contributed by atoms with E-state index in [1.807, 2.05) is 31.2 Å². The molecule has 1 fully saturated rings. The SMILES string of the molecule is Cc1c([C@@H]2O[C@H](CO)[C@@H](O)[C@H](O)[C@H]2O)cc(Cc2ccc(Cl)cc2)c2c1CCC2. The summed E-state index contributed by atoms with van der Waals surface area (Å²) in [4.78, 5) is 0. The van der Waals surface area contributed by atoms with E-state index in [0.717, 1.165) is 42.4 Å². The molecule has 5 nitrogen and oxygen atoms in total. The fourth-order valence-corrected chi connectivity index (χ4v) is 4.83. The van der Waals surface area contributed by atoms with Crippen molar-refractivity contribution in [1.82, 2.24) is 0 Å². The van der Waals surface area contributed by atoms with Crippen LogP contribution in [0.15, 0.2) is 30.3 Å². The van der Waals surface area contributed by atoms with Crippen LogP contribution in [0.5, 0.6) is 0 Å². The molecule has 6 heteroatoms. The van der Waals surface area contributed by atoms with Crippen molar-refractivity contribution in [2.45, 2.75) is 63.1 Å². The summed E-state index contributed by atoms with van der Waals surface area (Å²) in [6, 6.07) is 9.84. The molecule has 0 saturated carbocycles. The molecule has 1 aliphatic heterocycles. The van der Waals surface area contributed by atoms with Gasteiger partial charge in [0.25, 0.3) is 0 Å². The molecule has 2 aromatic rings. The van der Waals surface area contributed by atoms with Crippen molar-refractivity contribution >= 4 is 11.6 Å². The monoisotopic (exact) mass is 418 g/mol. The first-order valence-corrected chi connectivity index (χ1v) is 10.5. The van der Waals surface area contributed by atoms with E-state index in [2.05, 4.69) is 6.07 Å². The second-order valence-electron chi connectivity index (χ2n) is 8.11. The Kier molecular flexibility index (Phi) is 5.98. The summed E-state index contributed by atoms with van der Waals surface area (Å²) in [5, 5.41) is 41.2. The van der Waals surface area contributed by atoms with Gasteiger partial charge in [-0.15, -0.1) is 0 Å². The lowest BCUT2D eigenvalue weighted by atomic mass is 9.84. The van der Waals surface area contributed by atoms with Crippen LogP contribution in [0.1, 0.15) is 45.9 Å². The lowest BCUT2D eigenvalue weighted by Gasteiger charge is -2.41. The van der Waals surface area contributed by atoms with Gasteiger partial charge in [0.1, 0.15) is 30.5 Å². The summed E-state index contributed by atoms with van der Waals surface area (Å²) in [7, 11) is 0. The number of benzene rings is 2. The molecule has 4 N–H and O–H groups in total. The molecule has 0 aromatic heterocycles. The summed E-state index contributed by atoms with van der Waals surface area (Å²) >= 11 is 6.02. The molecule has 2 aliphatic rings. The first-order valence-electron chi connectivity index (χ1n) is 10.1. The number of hydrogen-bond donors (Lipinski definition) is 4. The summed E-state index contributed by atoms with van der Waals surface area (Å²) < 4.78 is 5.85. The van der Waals surface area contributed by atoms with Crippen LogP contribution in [-0.4, -0.2) is 51.4 Å². The Bertz CT molecular complexity index is 880. The van der Waals surface area contributed by atoms with Gasteiger partial charge < -0.3 is 25.2 Å². The van der Waals surface area contributed by atoms with Gasteiger partial charge in [0, 0.05) is 5.02 Å². The Morgan fingerprint density at radius 3 is 2.38 bits per heavy atom. The Labute approximate surface area is 175 Å². The van der Waals surface area contributed by atoms with Crippen LogP contribution in [0.4, 0.5) is 0 Å². The maximum absolute atomic E-state index is 10.6. The van der Waals surface area contributed by atoms with Crippen molar-refractivity contribution in [3.63, 3.8) is 0 Å². The summed E-state index contributed by atoms with van der Waals surface area (Å²) in [5.74, 6) is 0. The fourth-order valence-electron chi connectivity index (χ4n) is 4.70. The zero-order chi connectivity index (χ0) is 20.7. The van der Waals surface area contributed by atoms with E-state index in [0.29, 0.717) is 5.02 Å². The second-order valence-corrected chi connectivity index (χ2v) is 8.55. The molecule has 156 valence electrons. The van der Waals surface area contributed by atoms with Gasteiger partial charge >= 0.3 is 0 Å². The van der Waals surface area contributed by atoms with E-state index in [4.69, 9.17) is 16.3 Å². The van der Waals surface area contributed by atoms with Crippen molar-refractivity contribution in [3.8, 4) is 0 Å². The third-order valence-electron chi connectivity index (χ3n) is 6.33. The zero-order valence-electron chi connectivity index (χ0n) is 16.4. The minimum Gasteiger partial charge on any atom is -0.394 e. The van der Waals surface area contributed by atoms with Crippen LogP contribution in [0.2, 0.25) is 5.02 Å². The Morgan fingerprint density at radius 1 is 1.00 bits per heavy atom. The van der Waals surface area contributed by atoms with Crippen LogP contribution >= 0.6 is 11.6 Å². The predicted molar refractivity (Wildman–Crippen MR) is 110 cm³/mol. The molecule has 5 atom stereocenters. The van der Waals surface area contributed by atoms with Crippen LogP contribution in [0, 0.1) is 6.92 Å². The first kappa shape index (κ1) is 20.8. The van der Waals surface area contributed by atoms with Gasteiger partial charge in [0.05, 0.1) is 6.61 Å². The highest BCUT2D eigenvalue weighted by Gasteiger charge is 2.44. The van der Waals surface area contributed by atoms with E-state index in [-0.39, 0.29) is 0 Å². The van der Waals surface area contributed by atoms with Gasteiger partial charge in [-0.25, -0.2) is 0 Å².